The van der Waals surface area contributed by atoms with E-state index < -0.39 is 10.0 Å². The second-order valence-electron chi connectivity index (χ2n) is 7.56. The minimum atomic E-state index is -3.67. The van der Waals surface area contributed by atoms with Crippen LogP contribution in [-0.2, 0) is 14.8 Å². The fourth-order valence-corrected chi connectivity index (χ4v) is 6.29. The van der Waals surface area contributed by atoms with E-state index in [-0.39, 0.29) is 4.90 Å². The molecular formula is C23H21ClN4O4S2. The number of thiophene rings is 1. The molecule has 176 valence electrons. The monoisotopic (exact) mass is 516 g/mol. The summed E-state index contributed by atoms with van der Waals surface area (Å²) >= 11 is 7.96. The van der Waals surface area contributed by atoms with Gasteiger partial charge in [0.1, 0.15) is 22.7 Å². The summed E-state index contributed by atoms with van der Waals surface area (Å²) in [7, 11) is -2.04. The summed E-state index contributed by atoms with van der Waals surface area (Å²) in [6.07, 6.45) is 1.47. The highest BCUT2D eigenvalue weighted by Gasteiger charge is 2.27. The highest BCUT2D eigenvalue weighted by Crippen LogP contribution is 2.39. The van der Waals surface area contributed by atoms with E-state index in [1.54, 1.807) is 19.2 Å². The Morgan fingerprint density at radius 2 is 1.88 bits per heavy atom. The van der Waals surface area contributed by atoms with E-state index in [2.05, 4.69) is 15.3 Å². The Bertz CT molecular complexity index is 1440. The third-order valence-corrected chi connectivity index (χ3v) is 8.68. The summed E-state index contributed by atoms with van der Waals surface area (Å²) in [4.78, 5) is 9.80. The second kappa shape index (κ2) is 9.47. The third-order valence-electron chi connectivity index (χ3n) is 5.57. The van der Waals surface area contributed by atoms with Crippen molar-refractivity contribution in [1.82, 2.24) is 14.3 Å². The molecule has 1 aliphatic rings. The number of rotatable bonds is 6. The Morgan fingerprint density at radius 1 is 1.12 bits per heavy atom. The lowest BCUT2D eigenvalue weighted by molar-refractivity contribution is 0.0730. The maximum Gasteiger partial charge on any atom is 0.243 e. The van der Waals surface area contributed by atoms with E-state index in [0.29, 0.717) is 42.8 Å². The molecule has 8 nitrogen and oxygen atoms in total. The average molecular weight is 517 g/mol. The van der Waals surface area contributed by atoms with E-state index in [4.69, 9.17) is 21.1 Å². The number of aromatic nitrogens is 2. The highest BCUT2D eigenvalue weighted by atomic mass is 35.5. The lowest BCUT2D eigenvalue weighted by Gasteiger charge is -2.26. The first-order chi connectivity index (χ1) is 16.5. The van der Waals surface area contributed by atoms with Gasteiger partial charge in [0.2, 0.25) is 10.0 Å². The smallest absolute Gasteiger partial charge is 0.243 e. The van der Waals surface area contributed by atoms with E-state index >= 15 is 0 Å². The van der Waals surface area contributed by atoms with Gasteiger partial charge in [-0.25, -0.2) is 18.4 Å². The Morgan fingerprint density at radius 3 is 2.62 bits per heavy atom. The maximum atomic E-state index is 13.1. The number of halogens is 1. The largest absolute Gasteiger partial charge is 0.497 e. The fraction of sp³-hybridized carbons (Fsp3) is 0.217. The molecule has 34 heavy (non-hydrogen) atoms. The number of sulfonamides is 1. The number of ether oxygens (including phenoxy) is 2. The Kier molecular flexibility index (Phi) is 6.41. The molecule has 2 aromatic carbocycles. The molecule has 4 aromatic rings. The van der Waals surface area contributed by atoms with Gasteiger partial charge in [-0.2, -0.15) is 4.31 Å². The minimum absolute atomic E-state index is 0.160. The predicted molar refractivity (Wildman–Crippen MR) is 134 cm³/mol. The van der Waals surface area contributed by atoms with Gasteiger partial charge in [0, 0.05) is 24.0 Å². The fourth-order valence-electron chi connectivity index (χ4n) is 3.78. The van der Waals surface area contributed by atoms with E-state index in [9.17, 15) is 8.42 Å². The van der Waals surface area contributed by atoms with Crippen molar-refractivity contribution < 1.29 is 17.9 Å². The van der Waals surface area contributed by atoms with Gasteiger partial charge >= 0.3 is 0 Å². The number of nitrogens with zero attached hydrogens (tertiary/aromatic N) is 3. The molecule has 2 aromatic heterocycles. The van der Waals surface area contributed by atoms with Gasteiger partial charge in [-0.3, -0.25) is 0 Å². The average Bonchev–Trinajstić information content (AvgIpc) is 3.31. The van der Waals surface area contributed by atoms with Crippen LogP contribution in [0.1, 0.15) is 0 Å². The zero-order valence-electron chi connectivity index (χ0n) is 18.2. The molecule has 0 radical (unpaired) electrons. The van der Waals surface area contributed by atoms with Crippen molar-refractivity contribution in [3.05, 3.63) is 59.2 Å². The van der Waals surface area contributed by atoms with Gasteiger partial charge in [-0.05, 0) is 35.9 Å². The number of anilines is 2. The SMILES string of the molecule is COc1ccc(-c2csc3ncnc(Nc4cc(S(=O)(=O)N5CCOCC5)ccc4Cl)c23)cc1. The van der Waals surface area contributed by atoms with E-state index in [0.717, 1.165) is 27.1 Å². The van der Waals surface area contributed by atoms with Crippen molar-refractivity contribution in [2.75, 3.05) is 38.7 Å². The number of nitrogens with one attached hydrogen (secondary N) is 1. The van der Waals surface area contributed by atoms with Gasteiger partial charge in [0.05, 0.1) is 41.3 Å². The van der Waals surface area contributed by atoms with Crippen LogP contribution in [-0.4, -0.2) is 56.1 Å². The molecule has 1 aliphatic heterocycles. The lowest BCUT2D eigenvalue weighted by Crippen LogP contribution is -2.40. The molecule has 0 amide bonds. The number of benzene rings is 2. The van der Waals surface area contributed by atoms with Gasteiger partial charge in [0.25, 0.3) is 0 Å². The predicted octanol–water partition coefficient (Wildman–Crippen LogP) is 4.78. The van der Waals surface area contributed by atoms with Crippen LogP contribution in [0.3, 0.4) is 0 Å². The first kappa shape index (κ1) is 23.0. The van der Waals surface area contributed by atoms with E-state index in [1.165, 1.54) is 28.0 Å². The Labute approximate surface area is 206 Å². The first-order valence-corrected chi connectivity index (χ1v) is 13.2. The zero-order valence-corrected chi connectivity index (χ0v) is 20.6. The van der Waals surface area contributed by atoms with Crippen molar-refractivity contribution in [2.45, 2.75) is 4.90 Å². The molecule has 1 saturated heterocycles. The van der Waals surface area contributed by atoms with Crippen LogP contribution in [0.2, 0.25) is 5.02 Å². The quantitative estimate of drug-likeness (QED) is 0.394. The Hall–Kier alpha value is -2.76. The second-order valence-corrected chi connectivity index (χ2v) is 10.8. The van der Waals surface area contributed by atoms with Gasteiger partial charge in [0.15, 0.2) is 0 Å². The van der Waals surface area contributed by atoms with Crippen LogP contribution in [0.4, 0.5) is 11.5 Å². The van der Waals surface area contributed by atoms with Gasteiger partial charge in [-0.1, -0.05) is 23.7 Å². The van der Waals surface area contributed by atoms with Crippen LogP contribution in [0.15, 0.2) is 59.1 Å². The van der Waals surface area contributed by atoms with Crippen molar-refractivity contribution in [1.29, 1.82) is 0 Å². The number of hydrogen-bond donors (Lipinski definition) is 1. The lowest BCUT2D eigenvalue weighted by atomic mass is 10.1. The molecule has 3 heterocycles. The maximum absolute atomic E-state index is 13.1. The minimum Gasteiger partial charge on any atom is -0.497 e. The molecule has 1 fully saturated rings. The van der Waals surface area contributed by atoms with Crippen molar-refractivity contribution in [2.24, 2.45) is 0 Å². The molecule has 0 bridgehead atoms. The van der Waals surface area contributed by atoms with Crippen LogP contribution >= 0.6 is 22.9 Å². The van der Waals surface area contributed by atoms with Crippen molar-refractivity contribution >= 4 is 54.7 Å². The van der Waals surface area contributed by atoms with Crippen molar-refractivity contribution in [3.63, 3.8) is 0 Å². The molecule has 11 heteroatoms. The summed E-state index contributed by atoms with van der Waals surface area (Å²) in [6, 6.07) is 12.4. The number of methoxy groups -OCH3 is 1. The summed E-state index contributed by atoms with van der Waals surface area (Å²) in [5.74, 6) is 1.31. The Balaban J connectivity index is 1.53. The highest BCUT2D eigenvalue weighted by molar-refractivity contribution is 7.89. The molecule has 0 atom stereocenters. The van der Waals surface area contributed by atoms with Gasteiger partial charge in [-0.15, -0.1) is 11.3 Å². The standard InChI is InChI=1S/C23H21ClN4O4S2/c1-31-16-4-2-15(3-5-16)18-13-33-23-21(18)22(25-14-26-23)27-20-12-17(6-7-19(20)24)34(29,30)28-8-10-32-11-9-28/h2-7,12-14H,8-11H2,1H3,(H,25,26,27). The summed E-state index contributed by atoms with van der Waals surface area (Å²) in [5.41, 5.74) is 2.39. The van der Waals surface area contributed by atoms with Crippen molar-refractivity contribution in [3.8, 4) is 16.9 Å². The molecule has 0 saturated carbocycles. The van der Waals surface area contributed by atoms with Crippen LogP contribution in [0.5, 0.6) is 5.75 Å². The van der Waals surface area contributed by atoms with Gasteiger partial charge < -0.3 is 14.8 Å². The normalized spacial score (nSPS) is 14.9. The zero-order chi connectivity index (χ0) is 23.7. The number of morpholine rings is 1. The number of fused-ring (bicyclic) bond motifs is 1. The number of hydrogen-bond acceptors (Lipinski definition) is 8. The molecule has 0 spiro atoms. The molecule has 0 unspecified atom stereocenters. The van der Waals surface area contributed by atoms with Crippen LogP contribution in [0, 0.1) is 0 Å². The summed E-state index contributed by atoms with van der Waals surface area (Å²) in [6.45, 7) is 1.40. The third kappa shape index (κ3) is 4.35. The molecular weight excluding hydrogens is 496 g/mol. The molecule has 0 aliphatic carbocycles. The topological polar surface area (TPSA) is 93.7 Å². The molecule has 5 rings (SSSR count). The summed E-state index contributed by atoms with van der Waals surface area (Å²) < 4.78 is 38.2. The molecule has 1 N–H and O–H groups in total. The van der Waals surface area contributed by atoms with E-state index in [1.807, 2.05) is 29.6 Å². The summed E-state index contributed by atoms with van der Waals surface area (Å²) in [5, 5.41) is 6.47. The van der Waals surface area contributed by atoms with Crippen LogP contribution in [0.25, 0.3) is 21.3 Å². The van der Waals surface area contributed by atoms with Crippen LogP contribution < -0.4 is 10.1 Å². The first-order valence-electron chi connectivity index (χ1n) is 10.5.